The third-order valence-corrected chi connectivity index (χ3v) is 5.26. The zero-order valence-corrected chi connectivity index (χ0v) is 17.5. The fourth-order valence-corrected chi connectivity index (χ4v) is 3.58. The predicted molar refractivity (Wildman–Crippen MR) is 104 cm³/mol. The lowest BCUT2D eigenvalue weighted by Crippen LogP contribution is -2.51. The Kier molecular flexibility index (Phi) is 8.58. The summed E-state index contributed by atoms with van der Waals surface area (Å²) in [4.78, 5) is 36.6. The molecule has 0 heterocycles. The van der Waals surface area contributed by atoms with Gasteiger partial charge in [-0.3, -0.25) is 14.4 Å². The van der Waals surface area contributed by atoms with Gasteiger partial charge in [0.15, 0.2) is 0 Å². The van der Waals surface area contributed by atoms with Gasteiger partial charge in [0, 0.05) is 18.7 Å². The smallest absolute Gasteiger partial charge is 0.325 e. The molecule has 0 bridgehead atoms. The van der Waals surface area contributed by atoms with Crippen LogP contribution in [-0.2, 0) is 29.1 Å². The number of amides is 2. The summed E-state index contributed by atoms with van der Waals surface area (Å²) in [6.07, 6.45) is 0. The number of hydrogen-bond acceptors (Lipinski definition) is 6. The number of hydrogen-bond donors (Lipinski definition) is 2. The Labute approximate surface area is 165 Å². The van der Waals surface area contributed by atoms with Crippen LogP contribution in [0.3, 0.4) is 0 Å². The second-order valence-electron chi connectivity index (χ2n) is 6.41. The minimum atomic E-state index is -3.97. The largest absolute Gasteiger partial charge is 0.465 e. The van der Waals surface area contributed by atoms with Gasteiger partial charge in [-0.2, -0.15) is 4.72 Å². The number of anilines is 1. The standard InChI is InChI=1S/C18H27N3O6S/c1-6-27-17(23)11-21(12(2)3)18(24)13(4)20-28(25,26)16-9-7-15(8-10-16)19-14(5)22/h7-10,12-13,20H,6,11H2,1-5H3,(H,19,22)/t13-/m0/s1. The van der Waals surface area contributed by atoms with Crippen molar-refractivity contribution in [3.63, 3.8) is 0 Å². The summed E-state index contributed by atoms with van der Waals surface area (Å²) in [5.74, 6) is -1.38. The molecule has 0 unspecified atom stereocenters. The highest BCUT2D eigenvalue weighted by molar-refractivity contribution is 7.89. The number of benzene rings is 1. The van der Waals surface area contributed by atoms with E-state index in [-0.39, 0.29) is 30.0 Å². The number of sulfonamides is 1. The summed E-state index contributed by atoms with van der Waals surface area (Å²) in [5.41, 5.74) is 0.455. The van der Waals surface area contributed by atoms with Crippen molar-refractivity contribution < 1.29 is 27.5 Å². The van der Waals surface area contributed by atoms with Crippen LogP contribution in [0.4, 0.5) is 5.69 Å². The summed E-state index contributed by atoms with van der Waals surface area (Å²) < 4.78 is 32.2. The van der Waals surface area contributed by atoms with E-state index in [2.05, 4.69) is 10.0 Å². The molecule has 0 aliphatic carbocycles. The molecule has 0 saturated heterocycles. The molecule has 0 saturated carbocycles. The number of esters is 1. The highest BCUT2D eigenvalue weighted by atomic mass is 32.2. The highest BCUT2D eigenvalue weighted by Crippen LogP contribution is 2.15. The lowest BCUT2D eigenvalue weighted by molar-refractivity contribution is -0.150. The summed E-state index contributed by atoms with van der Waals surface area (Å²) >= 11 is 0. The molecule has 1 aromatic rings. The number of ether oxygens (including phenoxy) is 1. The lowest BCUT2D eigenvalue weighted by Gasteiger charge is -2.28. The minimum absolute atomic E-state index is 0.0530. The molecule has 156 valence electrons. The third kappa shape index (κ3) is 6.93. The summed E-state index contributed by atoms with van der Waals surface area (Å²) in [6.45, 7) is 7.78. The summed E-state index contributed by atoms with van der Waals surface area (Å²) in [6, 6.07) is 4.14. The molecule has 0 fully saturated rings. The fraction of sp³-hybridized carbons (Fsp3) is 0.500. The molecule has 28 heavy (non-hydrogen) atoms. The topological polar surface area (TPSA) is 122 Å². The Bertz CT molecular complexity index is 805. The van der Waals surface area contributed by atoms with Gasteiger partial charge < -0.3 is 15.0 Å². The predicted octanol–water partition coefficient (Wildman–Crippen LogP) is 1.11. The Morgan fingerprint density at radius 3 is 2.14 bits per heavy atom. The molecule has 2 N–H and O–H groups in total. The SMILES string of the molecule is CCOC(=O)CN(C(=O)[C@H](C)NS(=O)(=O)c1ccc(NC(C)=O)cc1)C(C)C. The van der Waals surface area contributed by atoms with Gasteiger partial charge in [0.25, 0.3) is 0 Å². The van der Waals surface area contributed by atoms with Crippen molar-refractivity contribution in [3.05, 3.63) is 24.3 Å². The average molecular weight is 413 g/mol. The van der Waals surface area contributed by atoms with Crippen molar-refractivity contribution in [2.45, 2.75) is 51.6 Å². The van der Waals surface area contributed by atoms with Gasteiger partial charge in [0.1, 0.15) is 6.54 Å². The number of nitrogens with one attached hydrogen (secondary N) is 2. The molecule has 0 spiro atoms. The van der Waals surface area contributed by atoms with Crippen LogP contribution in [0.2, 0.25) is 0 Å². The van der Waals surface area contributed by atoms with Gasteiger partial charge in [0.2, 0.25) is 21.8 Å². The first kappa shape index (κ1) is 23.6. The van der Waals surface area contributed by atoms with Gasteiger partial charge in [-0.1, -0.05) is 0 Å². The van der Waals surface area contributed by atoms with Crippen LogP contribution in [0, 0.1) is 0 Å². The molecule has 9 nitrogen and oxygen atoms in total. The molecule has 0 radical (unpaired) electrons. The van der Waals surface area contributed by atoms with E-state index < -0.39 is 27.9 Å². The average Bonchev–Trinajstić information content (AvgIpc) is 2.58. The molecule has 0 aliphatic heterocycles. The maximum atomic E-state index is 12.7. The van der Waals surface area contributed by atoms with E-state index in [1.165, 1.54) is 43.0 Å². The summed E-state index contributed by atoms with van der Waals surface area (Å²) in [5, 5.41) is 2.54. The lowest BCUT2D eigenvalue weighted by atomic mass is 10.2. The van der Waals surface area contributed by atoms with Gasteiger partial charge >= 0.3 is 5.97 Å². The number of carbonyl (C=O) groups excluding carboxylic acids is 3. The molecule has 2 amide bonds. The van der Waals surface area contributed by atoms with Crippen LogP contribution < -0.4 is 10.0 Å². The van der Waals surface area contributed by atoms with Gasteiger partial charge in [-0.25, -0.2) is 8.42 Å². The molecule has 1 atom stereocenters. The van der Waals surface area contributed by atoms with E-state index in [4.69, 9.17) is 4.74 Å². The van der Waals surface area contributed by atoms with Crippen molar-refractivity contribution in [2.75, 3.05) is 18.5 Å². The maximum Gasteiger partial charge on any atom is 0.325 e. The van der Waals surface area contributed by atoms with Crippen LogP contribution in [0.1, 0.15) is 34.6 Å². The third-order valence-electron chi connectivity index (χ3n) is 3.70. The zero-order chi connectivity index (χ0) is 21.5. The molecular weight excluding hydrogens is 386 g/mol. The molecule has 10 heteroatoms. The van der Waals surface area contributed by atoms with E-state index in [0.29, 0.717) is 5.69 Å². The quantitative estimate of drug-likeness (QED) is 0.585. The monoisotopic (exact) mass is 413 g/mol. The second-order valence-corrected chi connectivity index (χ2v) is 8.13. The second kappa shape index (κ2) is 10.2. The zero-order valence-electron chi connectivity index (χ0n) is 16.7. The molecular formula is C18H27N3O6S. The normalized spacial score (nSPS) is 12.4. The van der Waals surface area contributed by atoms with E-state index in [1.807, 2.05) is 0 Å². The van der Waals surface area contributed by atoms with E-state index in [9.17, 15) is 22.8 Å². The highest BCUT2D eigenvalue weighted by Gasteiger charge is 2.29. The van der Waals surface area contributed by atoms with Gasteiger partial charge in [-0.15, -0.1) is 0 Å². The molecule has 0 aliphatic rings. The Morgan fingerprint density at radius 1 is 1.11 bits per heavy atom. The van der Waals surface area contributed by atoms with E-state index in [1.54, 1.807) is 20.8 Å². The minimum Gasteiger partial charge on any atom is -0.465 e. The first-order valence-electron chi connectivity index (χ1n) is 8.84. The summed E-state index contributed by atoms with van der Waals surface area (Å²) in [7, 11) is -3.97. The Hall–Kier alpha value is -2.46. The number of rotatable bonds is 9. The Balaban J connectivity index is 2.89. The molecule has 1 aromatic carbocycles. The van der Waals surface area contributed by atoms with Crippen LogP contribution in [0.15, 0.2) is 29.2 Å². The van der Waals surface area contributed by atoms with Crippen molar-refractivity contribution in [1.82, 2.24) is 9.62 Å². The van der Waals surface area contributed by atoms with Crippen LogP contribution >= 0.6 is 0 Å². The number of nitrogens with zero attached hydrogens (tertiary/aromatic N) is 1. The number of carbonyl (C=O) groups is 3. The van der Waals surface area contributed by atoms with Crippen molar-refractivity contribution in [2.24, 2.45) is 0 Å². The van der Waals surface area contributed by atoms with Crippen LogP contribution in [0.25, 0.3) is 0 Å². The van der Waals surface area contributed by atoms with Crippen LogP contribution in [0.5, 0.6) is 0 Å². The fourth-order valence-electron chi connectivity index (χ4n) is 2.38. The maximum absolute atomic E-state index is 12.7. The first-order chi connectivity index (χ1) is 13.0. The van der Waals surface area contributed by atoms with Crippen LogP contribution in [-0.4, -0.2) is 56.3 Å². The van der Waals surface area contributed by atoms with Crippen molar-refractivity contribution in [1.29, 1.82) is 0 Å². The first-order valence-corrected chi connectivity index (χ1v) is 10.3. The van der Waals surface area contributed by atoms with E-state index in [0.717, 1.165) is 0 Å². The van der Waals surface area contributed by atoms with Crippen molar-refractivity contribution in [3.8, 4) is 0 Å². The Morgan fingerprint density at radius 2 is 1.68 bits per heavy atom. The molecule has 0 aromatic heterocycles. The van der Waals surface area contributed by atoms with Crippen molar-refractivity contribution >= 4 is 33.5 Å². The van der Waals surface area contributed by atoms with E-state index >= 15 is 0 Å². The van der Waals surface area contributed by atoms with Gasteiger partial charge in [0.05, 0.1) is 17.5 Å². The molecule has 1 rings (SSSR count). The van der Waals surface area contributed by atoms with Gasteiger partial charge in [-0.05, 0) is 52.0 Å².